The SMILES string of the molecule is CCCC1=CC(C)(C)CCCCCCC1. The second-order valence-corrected chi connectivity index (χ2v) is 5.81. The second-order valence-electron chi connectivity index (χ2n) is 5.81. The molecule has 0 bridgehead atoms. The number of allylic oxidation sites excluding steroid dienone is 2. The minimum atomic E-state index is 0.446. The number of hydrogen-bond acceptors (Lipinski definition) is 0. The van der Waals surface area contributed by atoms with Crippen LogP contribution in [-0.2, 0) is 0 Å². The Morgan fingerprint density at radius 3 is 2.47 bits per heavy atom. The van der Waals surface area contributed by atoms with E-state index < -0.39 is 0 Å². The van der Waals surface area contributed by atoms with Crippen LogP contribution >= 0.6 is 0 Å². The second kappa shape index (κ2) is 6.35. The Balaban J connectivity index is 2.64. The summed E-state index contributed by atoms with van der Waals surface area (Å²) in [5, 5.41) is 0. The summed E-state index contributed by atoms with van der Waals surface area (Å²) >= 11 is 0. The van der Waals surface area contributed by atoms with E-state index in [0.29, 0.717) is 5.41 Å². The molecule has 0 aromatic rings. The van der Waals surface area contributed by atoms with Gasteiger partial charge in [-0.1, -0.05) is 64.5 Å². The van der Waals surface area contributed by atoms with Crippen LogP contribution in [0.5, 0.6) is 0 Å². The fraction of sp³-hybridized carbons (Fsp3) is 0.867. The van der Waals surface area contributed by atoms with Crippen molar-refractivity contribution >= 4 is 0 Å². The Morgan fingerprint density at radius 1 is 1.07 bits per heavy atom. The van der Waals surface area contributed by atoms with Crippen LogP contribution in [0, 0.1) is 5.41 Å². The third-order valence-electron chi connectivity index (χ3n) is 3.48. The van der Waals surface area contributed by atoms with E-state index in [2.05, 4.69) is 26.8 Å². The van der Waals surface area contributed by atoms with Crippen LogP contribution in [0.25, 0.3) is 0 Å². The van der Waals surface area contributed by atoms with Crippen molar-refractivity contribution in [1.82, 2.24) is 0 Å². The smallest absolute Gasteiger partial charge is 0.0172 e. The summed E-state index contributed by atoms with van der Waals surface area (Å²) < 4.78 is 0. The maximum Gasteiger partial charge on any atom is -0.0172 e. The lowest BCUT2D eigenvalue weighted by molar-refractivity contribution is 0.397. The van der Waals surface area contributed by atoms with Gasteiger partial charge in [0.25, 0.3) is 0 Å². The largest absolute Gasteiger partial charge is 0.0797 e. The van der Waals surface area contributed by atoms with E-state index in [9.17, 15) is 0 Å². The average molecular weight is 208 g/mol. The van der Waals surface area contributed by atoms with Crippen LogP contribution in [-0.4, -0.2) is 0 Å². The van der Waals surface area contributed by atoms with Crippen molar-refractivity contribution in [3.05, 3.63) is 11.6 Å². The van der Waals surface area contributed by atoms with Crippen molar-refractivity contribution in [2.45, 2.75) is 78.6 Å². The summed E-state index contributed by atoms with van der Waals surface area (Å²) in [4.78, 5) is 0. The van der Waals surface area contributed by atoms with Crippen molar-refractivity contribution in [3.63, 3.8) is 0 Å². The molecule has 0 aromatic heterocycles. The minimum Gasteiger partial charge on any atom is -0.0797 e. The van der Waals surface area contributed by atoms with Crippen LogP contribution in [0.3, 0.4) is 0 Å². The minimum absolute atomic E-state index is 0.446. The maximum atomic E-state index is 2.59. The summed E-state index contributed by atoms with van der Waals surface area (Å²) in [6, 6.07) is 0. The Hall–Kier alpha value is -0.260. The molecule has 0 aliphatic heterocycles. The number of rotatable bonds is 2. The van der Waals surface area contributed by atoms with Gasteiger partial charge in [0, 0.05) is 0 Å². The first-order valence-corrected chi connectivity index (χ1v) is 6.85. The zero-order chi connectivity index (χ0) is 11.1. The molecule has 1 aliphatic rings. The third-order valence-corrected chi connectivity index (χ3v) is 3.48. The molecule has 88 valence electrons. The van der Waals surface area contributed by atoms with Gasteiger partial charge in [-0.05, 0) is 31.1 Å². The molecule has 0 fully saturated rings. The van der Waals surface area contributed by atoms with Gasteiger partial charge in [-0.25, -0.2) is 0 Å². The molecule has 0 radical (unpaired) electrons. The fourth-order valence-corrected chi connectivity index (χ4v) is 2.68. The van der Waals surface area contributed by atoms with E-state index >= 15 is 0 Å². The molecule has 0 nitrogen and oxygen atoms in total. The molecule has 0 spiro atoms. The third kappa shape index (κ3) is 5.39. The van der Waals surface area contributed by atoms with Crippen molar-refractivity contribution in [3.8, 4) is 0 Å². The Kier molecular flexibility index (Phi) is 5.42. The normalized spacial score (nSPS) is 23.3. The van der Waals surface area contributed by atoms with E-state index in [-0.39, 0.29) is 0 Å². The van der Waals surface area contributed by atoms with Gasteiger partial charge in [-0.15, -0.1) is 0 Å². The Bertz CT molecular complexity index is 198. The van der Waals surface area contributed by atoms with Crippen LogP contribution in [0.15, 0.2) is 11.6 Å². The first kappa shape index (κ1) is 12.8. The van der Waals surface area contributed by atoms with Crippen molar-refractivity contribution in [1.29, 1.82) is 0 Å². The molecule has 1 rings (SSSR count). The van der Waals surface area contributed by atoms with Gasteiger partial charge in [0.1, 0.15) is 0 Å². The molecule has 1 aliphatic carbocycles. The van der Waals surface area contributed by atoms with Gasteiger partial charge >= 0.3 is 0 Å². The quantitative estimate of drug-likeness (QED) is 0.527. The highest BCUT2D eigenvalue weighted by Crippen LogP contribution is 2.31. The van der Waals surface area contributed by atoms with Crippen LogP contribution in [0.4, 0.5) is 0 Å². The fourth-order valence-electron chi connectivity index (χ4n) is 2.68. The molecular weight excluding hydrogens is 180 g/mol. The molecule has 0 saturated carbocycles. The van der Waals surface area contributed by atoms with Crippen molar-refractivity contribution in [2.24, 2.45) is 5.41 Å². The van der Waals surface area contributed by atoms with Gasteiger partial charge in [0.05, 0.1) is 0 Å². The zero-order valence-corrected chi connectivity index (χ0v) is 10.9. The summed E-state index contributed by atoms with van der Waals surface area (Å²) in [5.41, 5.74) is 2.17. The Labute approximate surface area is 96.2 Å². The lowest BCUT2D eigenvalue weighted by Crippen LogP contribution is -2.09. The van der Waals surface area contributed by atoms with Crippen LogP contribution < -0.4 is 0 Å². The van der Waals surface area contributed by atoms with E-state index in [1.807, 2.05) is 0 Å². The molecule has 15 heavy (non-hydrogen) atoms. The van der Waals surface area contributed by atoms with E-state index in [0.717, 1.165) is 0 Å². The van der Waals surface area contributed by atoms with E-state index in [4.69, 9.17) is 0 Å². The van der Waals surface area contributed by atoms with Gasteiger partial charge in [0.2, 0.25) is 0 Å². The highest BCUT2D eigenvalue weighted by Gasteiger charge is 2.16. The molecule has 0 unspecified atom stereocenters. The monoisotopic (exact) mass is 208 g/mol. The predicted octanol–water partition coefficient (Wildman–Crippen LogP) is 5.48. The summed E-state index contributed by atoms with van der Waals surface area (Å²) in [7, 11) is 0. The summed E-state index contributed by atoms with van der Waals surface area (Å²) in [6.45, 7) is 7.11. The maximum absolute atomic E-state index is 2.59. The van der Waals surface area contributed by atoms with Crippen LogP contribution in [0.1, 0.15) is 78.6 Å². The first-order valence-electron chi connectivity index (χ1n) is 6.85. The van der Waals surface area contributed by atoms with Gasteiger partial charge in [-0.2, -0.15) is 0 Å². The average Bonchev–Trinajstić information content (AvgIpc) is 2.15. The van der Waals surface area contributed by atoms with Crippen molar-refractivity contribution < 1.29 is 0 Å². The van der Waals surface area contributed by atoms with Gasteiger partial charge in [0.15, 0.2) is 0 Å². The summed E-state index contributed by atoms with van der Waals surface area (Å²) in [6.07, 6.45) is 15.1. The first-order chi connectivity index (χ1) is 7.14. The highest BCUT2D eigenvalue weighted by molar-refractivity contribution is 5.08. The zero-order valence-electron chi connectivity index (χ0n) is 10.9. The molecule has 0 N–H and O–H groups in total. The molecule has 0 saturated heterocycles. The molecule has 0 aromatic carbocycles. The van der Waals surface area contributed by atoms with Gasteiger partial charge < -0.3 is 0 Å². The molecule has 0 heterocycles. The molecule has 0 heteroatoms. The lowest BCUT2D eigenvalue weighted by atomic mass is 9.82. The standard InChI is InChI=1S/C15H28/c1-4-10-14-11-8-6-5-7-9-12-15(2,3)13-14/h13H,4-12H2,1-3H3. The topological polar surface area (TPSA) is 0 Å². The van der Waals surface area contributed by atoms with Crippen molar-refractivity contribution in [2.75, 3.05) is 0 Å². The number of hydrogen-bond donors (Lipinski definition) is 0. The summed E-state index contributed by atoms with van der Waals surface area (Å²) in [5.74, 6) is 0. The van der Waals surface area contributed by atoms with E-state index in [1.165, 1.54) is 57.8 Å². The lowest BCUT2D eigenvalue weighted by Gasteiger charge is -2.23. The molecular formula is C15H28. The van der Waals surface area contributed by atoms with Gasteiger partial charge in [-0.3, -0.25) is 0 Å². The van der Waals surface area contributed by atoms with E-state index in [1.54, 1.807) is 5.57 Å². The molecule has 0 atom stereocenters. The predicted molar refractivity (Wildman–Crippen MR) is 69.1 cm³/mol. The van der Waals surface area contributed by atoms with Crippen LogP contribution in [0.2, 0.25) is 0 Å². The highest BCUT2D eigenvalue weighted by atomic mass is 14.2. The Morgan fingerprint density at radius 2 is 1.73 bits per heavy atom. The molecule has 0 amide bonds.